The molecule has 3 heteroatoms. The normalized spacial score (nSPS) is 12.3. The highest BCUT2D eigenvalue weighted by molar-refractivity contribution is 5.60. The van der Waals surface area contributed by atoms with Gasteiger partial charge in [0, 0.05) is 18.9 Å². The lowest BCUT2D eigenvalue weighted by Crippen LogP contribution is -2.12. The first kappa shape index (κ1) is 12.7. The molecule has 0 saturated heterocycles. The van der Waals surface area contributed by atoms with E-state index in [2.05, 4.69) is 42.5 Å². The Morgan fingerprint density at radius 2 is 2.11 bits per heavy atom. The second-order valence-corrected chi connectivity index (χ2v) is 4.74. The lowest BCUT2D eigenvalue weighted by Gasteiger charge is -2.15. The van der Waals surface area contributed by atoms with Crippen molar-refractivity contribution in [3.05, 3.63) is 42.7 Å². The van der Waals surface area contributed by atoms with Gasteiger partial charge in [0.05, 0.1) is 11.4 Å². The molecule has 0 aliphatic carbocycles. The van der Waals surface area contributed by atoms with Crippen LogP contribution in [0.4, 0.5) is 5.69 Å². The van der Waals surface area contributed by atoms with Crippen molar-refractivity contribution in [3.63, 3.8) is 0 Å². The largest absolute Gasteiger partial charge is 0.383 e. The molecule has 1 aromatic heterocycles. The smallest absolute Gasteiger partial charge is 0.0876 e. The third kappa shape index (κ3) is 3.13. The van der Waals surface area contributed by atoms with Gasteiger partial charge in [-0.05, 0) is 30.5 Å². The van der Waals surface area contributed by atoms with Gasteiger partial charge < -0.3 is 5.32 Å². The average molecular weight is 243 g/mol. The van der Waals surface area contributed by atoms with Crippen LogP contribution >= 0.6 is 0 Å². The number of hydrogen-bond acceptors (Lipinski definition) is 2. The topological polar surface area (TPSA) is 29.9 Å². The van der Waals surface area contributed by atoms with Gasteiger partial charge in [0.2, 0.25) is 0 Å². The van der Waals surface area contributed by atoms with Gasteiger partial charge >= 0.3 is 0 Å². The van der Waals surface area contributed by atoms with Crippen molar-refractivity contribution in [2.45, 2.75) is 26.7 Å². The van der Waals surface area contributed by atoms with E-state index in [0.717, 1.165) is 17.9 Å². The van der Waals surface area contributed by atoms with E-state index >= 15 is 0 Å². The number of rotatable bonds is 6. The number of nitrogens with one attached hydrogen (secondary N) is 1. The molecule has 1 atom stereocenters. The van der Waals surface area contributed by atoms with Crippen molar-refractivity contribution in [2.24, 2.45) is 5.92 Å². The SMILES string of the molecule is CCCC(C)CNc1ccccc1-n1cccn1. The van der Waals surface area contributed by atoms with E-state index in [1.165, 1.54) is 12.8 Å². The van der Waals surface area contributed by atoms with Crippen LogP contribution in [0.3, 0.4) is 0 Å². The molecule has 2 rings (SSSR count). The van der Waals surface area contributed by atoms with E-state index in [-0.39, 0.29) is 0 Å². The Labute approximate surface area is 109 Å². The van der Waals surface area contributed by atoms with E-state index in [0.29, 0.717) is 5.92 Å². The van der Waals surface area contributed by atoms with Crippen LogP contribution in [-0.4, -0.2) is 16.3 Å². The van der Waals surface area contributed by atoms with Crippen molar-refractivity contribution in [2.75, 3.05) is 11.9 Å². The Balaban J connectivity index is 2.09. The lowest BCUT2D eigenvalue weighted by molar-refractivity contribution is 0.550. The summed E-state index contributed by atoms with van der Waals surface area (Å²) in [5.74, 6) is 0.695. The maximum Gasteiger partial charge on any atom is 0.0876 e. The van der Waals surface area contributed by atoms with Crippen molar-refractivity contribution in [1.29, 1.82) is 0 Å². The fourth-order valence-corrected chi connectivity index (χ4v) is 2.11. The molecule has 18 heavy (non-hydrogen) atoms. The third-order valence-corrected chi connectivity index (χ3v) is 3.08. The van der Waals surface area contributed by atoms with Crippen LogP contribution in [0.2, 0.25) is 0 Å². The number of para-hydroxylation sites is 2. The van der Waals surface area contributed by atoms with Crippen LogP contribution in [-0.2, 0) is 0 Å². The molecule has 2 aromatic rings. The minimum atomic E-state index is 0.695. The molecule has 0 spiro atoms. The highest BCUT2D eigenvalue weighted by Gasteiger charge is 2.05. The molecule has 0 aliphatic rings. The zero-order valence-electron chi connectivity index (χ0n) is 11.1. The van der Waals surface area contributed by atoms with Gasteiger partial charge in [0.1, 0.15) is 0 Å². The fraction of sp³-hybridized carbons (Fsp3) is 0.400. The van der Waals surface area contributed by atoms with Gasteiger partial charge in [-0.3, -0.25) is 0 Å². The summed E-state index contributed by atoms with van der Waals surface area (Å²) in [7, 11) is 0. The molecular formula is C15H21N3. The van der Waals surface area contributed by atoms with E-state index < -0.39 is 0 Å². The third-order valence-electron chi connectivity index (χ3n) is 3.08. The van der Waals surface area contributed by atoms with Crippen LogP contribution in [0.15, 0.2) is 42.7 Å². The molecule has 1 heterocycles. The maximum absolute atomic E-state index is 4.29. The molecule has 0 fully saturated rings. The van der Waals surface area contributed by atoms with Crippen LogP contribution < -0.4 is 5.32 Å². The van der Waals surface area contributed by atoms with E-state index in [1.807, 2.05) is 23.0 Å². The van der Waals surface area contributed by atoms with Crippen molar-refractivity contribution < 1.29 is 0 Å². The molecule has 0 radical (unpaired) electrons. The molecule has 1 N–H and O–H groups in total. The highest BCUT2D eigenvalue weighted by atomic mass is 15.3. The summed E-state index contributed by atoms with van der Waals surface area (Å²) in [4.78, 5) is 0. The van der Waals surface area contributed by atoms with Crippen LogP contribution in [0.1, 0.15) is 26.7 Å². The summed E-state index contributed by atoms with van der Waals surface area (Å²) in [5.41, 5.74) is 2.25. The minimum Gasteiger partial charge on any atom is -0.383 e. The predicted molar refractivity (Wildman–Crippen MR) is 76.1 cm³/mol. The summed E-state index contributed by atoms with van der Waals surface area (Å²) < 4.78 is 1.90. The van der Waals surface area contributed by atoms with Crippen molar-refractivity contribution in [1.82, 2.24) is 9.78 Å². The number of aromatic nitrogens is 2. The molecule has 0 saturated carbocycles. The van der Waals surface area contributed by atoms with Crippen LogP contribution in [0.25, 0.3) is 5.69 Å². The number of benzene rings is 1. The van der Waals surface area contributed by atoms with Crippen LogP contribution in [0.5, 0.6) is 0 Å². The monoisotopic (exact) mass is 243 g/mol. The van der Waals surface area contributed by atoms with Gasteiger partial charge in [0.25, 0.3) is 0 Å². The second-order valence-electron chi connectivity index (χ2n) is 4.74. The quantitative estimate of drug-likeness (QED) is 0.838. The second kappa shape index (κ2) is 6.24. The maximum atomic E-state index is 4.29. The van der Waals surface area contributed by atoms with Gasteiger partial charge in [-0.2, -0.15) is 5.10 Å². The van der Waals surface area contributed by atoms with E-state index in [4.69, 9.17) is 0 Å². The van der Waals surface area contributed by atoms with Gasteiger partial charge in [-0.1, -0.05) is 32.4 Å². The molecule has 0 aliphatic heterocycles. The Hall–Kier alpha value is -1.77. The molecule has 3 nitrogen and oxygen atoms in total. The molecule has 0 bridgehead atoms. The first-order valence-corrected chi connectivity index (χ1v) is 6.64. The lowest BCUT2D eigenvalue weighted by atomic mass is 10.1. The Kier molecular flexibility index (Phi) is 4.40. The Morgan fingerprint density at radius 1 is 1.28 bits per heavy atom. The van der Waals surface area contributed by atoms with Gasteiger partial charge in [-0.25, -0.2) is 4.68 Å². The summed E-state index contributed by atoms with van der Waals surface area (Å²) in [6.07, 6.45) is 6.27. The molecule has 1 aromatic carbocycles. The van der Waals surface area contributed by atoms with Crippen molar-refractivity contribution >= 4 is 5.69 Å². The first-order chi connectivity index (χ1) is 8.81. The highest BCUT2D eigenvalue weighted by Crippen LogP contribution is 2.19. The fourth-order valence-electron chi connectivity index (χ4n) is 2.11. The molecular weight excluding hydrogens is 222 g/mol. The number of nitrogens with zero attached hydrogens (tertiary/aromatic N) is 2. The zero-order valence-corrected chi connectivity index (χ0v) is 11.1. The average Bonchev–Trinajstić information content (AvgIpc) is 2.91. The first-order valence-electron chi connectivity index (χ1n) is 6.64. The minimum absolute atomic E-state index is 0.695. The summed E-state index contributed by atoms with van der Waals surface area (Å²) in [6.45, 7) is 5.52. The van der Waals surface area contributed by atoms with E-state index in [1.54, 1.807) is 6.20 Å². The Morgan fingerprint density at radius 3 is 2.83 bits per heavy atom. The van der Waals surface area contributed by atoms with Crippen molar-refractivity contribution in [3.8, 4) is 5.69 Å². The van der Waals surface area contributed by atoms with Crippen LogP contribution in [0, 0.1) is 5.92 Å². The number of hydrogen-bond donors (Lipinski definition) is 1. The van der Waals surface area contributed by atoms with Gasteiger partial charge in [0.15, 0.2) is 0 Å². The summed E-state index contributed by atoms with van der Waals surface area (Å²) in [5, 5.41) is 7.81. The predicted octanol–water partition coefficient (Wildman–Crippen LogP) is 3.72. The molecule has 0 amide bonds. The summed E-state index contributed by atoms with van der Waals surface area (Å²) >= 11 is 0. The molecule has 1 unspecified atom stereocenters. The Bertz CT molecular complexity index is 462. The number of anilines is 1. The van der Waals surface area contributed by atoms with E-state index in [9.17, 15) is 0 Å². The summed E-state index contributed by atoms with van der Waals surface area (Å²) in [6, 6.07) is 10.2. The van der Waals surface area contributed by atoms with Gasteiger partial charge in [-0.15, -0.1) is 0 Å². The standard InChI is InChI=1S/C15H21N3/c1-3-7-13(2)12-16-14-8-4-5-9-15(14)18-11-6-10-17-18/h4-6,8-11,13,16H,3,7,12H2,1-2H3. The zero-order chi connectivity index (χ0) is 12.8. The molecule has 96 valence electrons.